The van der Waals surface area contributed by atoms with E-state index >= 15 is 0 Å². The van der Waals surface area contributed by atoms with Crippen LogP contribution in [0.1, 0.15) is 85.0 Å². The molecule has 4 aliphatic rings. The highest BCUT2D eigenvalue weighted by Gasteiger charge is 2.70. The number of hydrogen-bond donors (Lipinski definition) is 1. The summed E-state index contributed by atoms with van der Waals surface area (Å²) in [5, 5.41) is 9.81. The van der Waals surface area contributed by atoms with Crippen molar-refractivity contribution in [3.05, 3.63) is 11.6 Å². The zero-order valence-electron chi connectivity index (χ0n) is 19.6. The highest BCUT2D eigenvalue weighted by Crippen LogP contribution is 2.67. The van der Waals surface area contributed by atoms with E-state index in [1.54, 1.807) is 6.08 Å². The third kappa shape index (κ3) is 3.24. The maximum atomic E-state index is 13.7. The smallest absolute Gasteiger partial charge is 0.306 e. The summed E-state index contributed by atoms with van der Waals surface area (Å²) >= 11 is 0. The quantitative estimate of drug-likeness (QED) is 0.627. The lowest BCUT2D eigenvalue weighted by molar-refractivity contribution is -0.192. The molecule has 0 heterocycles. The Kier molecular flexibility index (Phi) is 5.98. The molecule has 176 valence electrons. The summed E-state index contributed by atoms with van der Waals surface area (Å²) in [6.45, 7) is 5.35. The normalized spacial score (nSPS) is 40.8. The highest BCUT2D eigenvalue weighted by molar-refractivity contribution is 5.95. The number of hydrogen-bond acceptors (Lipinski definition) is 6. The number of unbranched alkanes of at least 4 members (excludes halogenated alkanes) is 1. The van der Waals surface area contributed by atoms with E-state index in [-0.39, 0.29) is 47.6 Å². The van der Waals surface area contributed by atoms with Crippen molar-refractivity contribution in [2.24, 2.45) is 28.6 Å². The minimum atomic E-state index is -1.43. The average Bonchev–Trinajstić information content (AvgIpc) is 3.04. The van der Waals surface area contributed by atoms with Gasteiger partial charge in [0.15, 0.2) is 11.4 Å². The highest BCUT2D eigenvalue weighted by atomic mass is 16.6. The second-order valence-electron chi connectivity index (χ2n) is 10.9. The maximum absolute atomic E-state index is 13.7. The molecule has 0 radical (unpaired) electrons. The van der Waals surface area contributed by atoms with Crippen molar-refractivity contribution in [2.45, 2.75) is 90.6 Å². The first kappa shape index (κ1) is 23.3. The van der Waals surface area contributed by atoms with Gasteiger partial charge in [0, 0.05) is 30.6 Å². The van der Waals surface area contributed by atoms with Crippen LogP contribution < -0.4 is 0 Å². The molecule has 0 bridgehead atoms. The Morgan fingerprint density at radius 3 is 2.59 bits per heavy atom. The summed E-state index contributed by atoms with van der Waals surface area (Å²) < 4.78 is 5.94. The number of allylic oxidation sites excluding steroid dienone is 1. The lowest BCUT2D eigenvalue weighted by atomic mass is 9.46. The molecule has 0 amide bonds. The fourth-order valence-corrected chi connectivity index (χ4v) is 7.75. The summed E-state index contributed by atoms with van der Waals surface area (Å²) in [5.41, 5.74) is -1.44. The van der Waals surface area contributed by atoms with Crippen molar-refractivity contribution < 1.29 is 29.0 Å². The fourth-order valence-electron chi connectivity index (χ4n) is 7.75. The predicted molar refractivity (Wildman–Crippen MR) is 118 cm³/mol. The summed E-state index contributed by atoms with van der Waals surface area (Å²) in [5.74, 6) is -0.644. The number of fused-ring (bicyclic) bond motifs is 5. The zero-order chi connectivity index (χ0) is 23.3. The number of Topliss-reactive ketones (excluding diaryl/α,β-unsaturated/α-hetero) is 2. The molecule has 4 aliphatic carbocycles. The first-order chi connectivity index (χ1) is 15.1. The molecular formula is C26H36O6. The van der Waals surface area contributed by atoms with Gasteiger partial charge in [-0.25, -0.2) is 0 Å². The summed E-state index contributed by atoms with van der Waals surface area (Å²) in [6, 6.07) is 0. The van der Waals surface area contributed by atoms with Crippen LogP contribution in [0.5, 0.6) is 0 Å². The number of ether oxygens (including phenoxy) is 1. The Bertz CT molecular complexity index is 874. The van der Waals surface area contributed by atoms with E-state index in [0.717, 1.165) is 24.8 Å². The summed E-state index contributed by atoms with van der Waals surface area (Å²) in [7, 11) is 0. The SMILES string of the molecule is CCCCC(=O)O[C@@]1(C(=O)CO)CC[C@H]2[C@@H]3CCC4=CC(=O)CC[C@]4(C)[C@H]3C(=O)C[C@@]21C. The van der Waals surface area contributed by atoms with E-state index in [1.807, 2.05) is 13.8 Å². The lowest BCUT2D eigenvalue weighted by Crippen LogP contribution is -2.62. The molecule has 6 heteroatoms. The molecular weight excluding hydrogens is 408 g/mol. The molecule has 0 aromatic heterocycles. The van der Waals surface area contributed by atoms with Crippen molar-refractivity contribution in [3.63, 3.8) is 0 Å². The third-order valence-electron chi connectivity index (χ3n) is 9.39. The van der Waals surface area contributed by atoms with Crippen LogP contribution in [-0.2, 0) is 23.9 Å². The van der Waals surface area contributed by atoms with Crippen molar-refractivity contribution in [2.75, 3.05) is 6.61 Å². The Balaban J connectivity index is 1.71. The van der Waals surface area contributed by atoms with Crippen LogP contribution in [-0.4, -0.2) is 40.6 Å². The Labute approximate surface area is 190 Å². The Morgan fingerprint density at radius 2 is 1.91 bits per heavy atom. The minimum Gasteiger partial charge on any atom is -0.450 e. The van der Waals surface area contributed by atoms with Gasteiger partial charge in [0.2, 0.25) is 5.78 Å². The first-order valence-corrected chi connectivity index (χ1v) is 12.3. The number of aliphatic hydroxyl groups excluding tert-OH is 1. The van der Waals surface area contributed by atoms with Crippen LogP contribution in [0, 0.1) is 28.6 Å². The van der Waals surface area contributed by atoms with Crippen molar-refractivity contribution in [1.29, 1.82) is 0 Å². The third-order valence-corrected chi connectivity index (χ3v) is 9.39. The van der Waals surface area contributed by atoms with Crippen LogP contribution in [0.3, 0.4) is 0 Å². The number of carbonyl (C=O) groups is 4. The molecule has 0 aromatic carbocycles. The topological polar surface area (TPSA) is 97.7 Å². The van der Waals surface area contributed by atoms with E-state index in [4.69, 9.17) is 4.74 Å². The minimum absolute atomic E-state index is 0.0654. The Hall–Kier alpha value is -1.82. The monoisotopic (exact) mass is 444 g/mol. The van der Waals surface area contributed by atoms with Crippen LogP contribution in [0.15, 0.2) is 11.6 Å². The molecule has 0 unspecified atom stereocenters. The Morgan fingerprint density at radius 1 is 1.16 bits per heavy atom. The van der Waals surface area contributed by atoms with Gasteiger partial charge in [-0.3, -0.25) is 19.2 Å². The van der Waals surface area contributed by atoms with Crippen molar-refractivity contribution in [3.8, 4) is 0 Å². The molecule has 3 fully saturated rings. The largest absolute Gasteiger partial charge is 0.450 e. The van der Waals surface area contributed by atoms with E-state index in [1.165, 1.54) is 0 Å². The molecule has 0 aromatic rings. The predicted octanol–water partition coefficient (Wildman–Crippen LogP) is 3.73. The standard InChI is InChI=1S/C26H36O6/c1-4-5-6-22(31)32-26(21(30)15-27)12-10-19-18-8-7-16-13-17(28)9-11-24(16,2)23(18)20(29)14-25(19,26)3/h13,18-19,23,27H,4-12,14-15H2,1-3H3/t18-,19-,23+,24-,25-,26+/m0/s1. The zero-order valence-corrected chi connectivity index (χ0v) is 19.6. The second-order valence-corrected chi connectivity index (χ2v) is 10.9. The van der Waals surface area contributed by atoms with Gasteiger partial charge in [-0.2, -0.15) is 0 Å². The van der Waals surface area contributed by atoms with Gasteiger partial charge in [0.1, 0.15) is 12.4 Å². The molecule has 0 aliphatic heterocycles. The van der Waals surface area contributed by atoms with Crippen LogP contribution in [0.2, 0.25) is 0 Å². The lowest BCUT2D eigenvalue weighted by Gasteiger charge is -2.58. The van der Waals surface area contributed by atoms with E-state index in [2.05, 4.69) is 6.92 Å². The van der Waals surface area contributed by atoms with Crippen LogP contribution in [0.25, 0.3) is 0 Å². The fraction of sp³-hybridized carbons (Fsp3) is 0.769. The number of aliphatic hydroxyl groups is 1. The molecule has 3 saturated carbocycles. The first-order valence-electron chi connectivity index (χ1n) is 12.3. The summed E-state index contributed by atoms with van der Waals surface area (Å²) in [4.78, 5) is 51.6. The maximum Gasteiger partial charge on any atom is 0.306 e. The van der Waals surface area contributed by atoms with Gasteiger partial charge in [0.25, 0.3) is 0 Å². The average molecular weight is 445 g/mol. The van der Waals surface area contributed by atoms with Crippen LogP contribution >= 0.6 is 0 Å². The van der Waals surface area contributed by atoms with Gasteiger partial charge in [-0.15, -0.1) is 0 Å². The molecule has 4 rings (SSSR count). The second kappa shape index (κ2) is 8.19. The molecule has 32 heavy (non-hydrogen) atoms. The molecule has 0 saturated heterocycles. The molecule has 6 atom stereocenters. The van der Waals surface area contributed by atoms with Gasteiger partial charge < -0.3 is 9.84 Å². The number of esters is 1. The van der Waals surface area contributed by atoms with Gasteiger partial charge >= 0.3 is 5.97 Å². The molecule has 1 N–H and O–H groups in total. The van der Waals surface area contributed by atoms with Crippen LogP contribution in [0.4, 0.5) is 0 Å². The van der Waals surface area contributed by atoms with Crippen molar-refractivity contribution >= 4 is 23.3 Å². The van der Waals surface area contributed by atoms with E-state index in [9.17, 15) is 24.3 Å². The van der Waals surface area contributed by atoms with Gasteiger partial charge in [-0.05, 0) is 61.9 Å². The van der Waals surface area contributed by atoms with Gasteiger partial charge in [-0.1, -0.05) is 32.8 Å². The van der Waals surface area contributed by atoms with Gasteiger partial charge in [0.05, 0.1) is 0 Å². The molecule has 6 nitrogen and oxygen atoms in total. The summed E-state index contributed by atoms with van der Waals surface area (Å²) in [6.07, 6.45) is 7.52. The van der Waals surface area contributed by atoms with E-state index < -0.39 is 29.4 Å². The number of rotatable bonds is 6. The molecule has 0 spiro atoms. The number of ketones is 3. The number of carbonyl (C=O) groups excluding carboxylic acids is 4. The van der Waals surface area contributed by atoms with Crippen molar-refractivity contribution in [1.82, 2.24) is 0 Å². The van der Waals surface area contributed by atoms with E-state index in [0.29, 0.717) is 32.1 Å².